The molecular weight excluding hydrogens is 370 g/mol. The van der Waals surface area contributed by atoms with E-state index < -0.39 is 0 Å². The van der Waals surface area contributed by atoms with E-state index in [1.54, 1.807) is 0 Å². The predicted octanol–water partition coefficient (Wildman–Crippen LogP) is 4.30. The number of hydrogen-bond acceptors (Lipinski definition) is 3. The Morgan fingerprint density at radius 3 is 2.13 bits per heavy atom. The van der Waals surface area contributed by atoms with Gasteiger partial charge in [-0.05, 0) is 42.3 Å². The van der Waals surface area contributed by atoms with E-state index in [4.69, 9.17) is 0 Å². The molecule has 0 aromatic heterocycles. The van der Waals surface area contributed by atoms with Gasteiger partial charge in [0.15, 0.2) is 0 Å². The fourth-order valence-electron chi connectivity index (χ4n) is 4.02. The van der Waals surface area contributed by atoms with E-state index in [0.717, 1.165) is 55.8 Å². The van der Waals surface area contributed by atoms with Gasteiger partial charge in [-0.15, -0.1) is 0 Å². The van der Waals surface area contributed by atoms with Crippen molar-refractivity contribution < 1.29 is 4.79 Å². The minimum Gasteiger partial charge on any atom is -0.369 e. The lowest BCUT2D eigenvalue weighted by molar-refractivity contribution is 0.0952. The van der Waals surface area contributed by atoms with Crippen molar-refractivity contribution in [2.24, 2.45) is 0 Å². The minimum absolute atomic E-state index is 0.00310. The molecule has 1 N–H and O–H groups in total. The van der Waals surface area contributed by atoms with Crippen LogP contribution in [-0.4, -0.2) is 50.1 Å². The van der Waals surface area contributed by atoms with Gasteiger partial charge in [0.1, 0.15) is 0 Å². The van der Waals surface area contributed by atoms with Crippen LogP contribution in [0, 0.1) is 0 Å². The van der Waals surface area contributed by atoms with Crippen LogP contribution in [0.5, 0.6) is 0 Å². The topological polar surface area (TPSA) is 35.6 Å². The van der Waals surface area contributed by atoms with Crippen molar-refractivity contribution in [1.29, 1.82) is 0 Å². The number of piperazine rings is 1. The van der Waals surface area contributed by atoms with Crippen molar-refractivity contribution in [3.8, 4) is 11.1 Å². The predicted molar refractivity (Wildman–Crippen MR) is 124 cm³/mol. The van der Waals surface area contributed by atoms with Crippen molar-refractivity contribution in [3.05, 3.63) is 90.5 Å². The molecule has 154 valence electrons. The van der Waals surface area contributed by atoms with Crippen LogP contribution in [0.3, 0.4) is 0 Å². The van der Waals surface area contributed by atoms with Crippen molar-refractivity contribution in [3.63, 3.8) is 0 Å². The molecule has 0 spiro atoms. The Bertz CT molecular complexity index is 935. The second-order valence-electron chi connectivity index (χ2n) is 7.69. The number of carbonyl (C=O) groups excluding carboxylic acids is 1. The molecule has 1 amide bonds. The summed E-state index contributed by atoms with van der Waals surface area (Å²) in [5.74, 6) is 0.00310. The summed E-state index contributed by atoms with van der Waals surface area (Å²) in [6, 6.07) is 28.5. The average molecular weight is 400 g/mol. The lowest BCUT2D eigenvalue weighted by atomic mass is 9.99. The highest BCUT2D eigenvalue weighted by molar-refractivity contribution is 6.00. The molecule has 0 unspecified atom stereocenters. The number of hydrogen-bond donors (Lipinski definition) is 1. The van der Waals surface area contributed by atoms with Gasteiger partial charge in [0.05, 0.1) is 0 Å². The molecule has 1 aliphatic heterocycles. The van der Waals surface area contributed by atoms with Gasteiger partial charge >= 0.3 is 0 Å². The number of anilines is 1. The number of rotatable bonds is 7. The van der Waals surface area contributed by atoms with Gasteiger partial charge < -0.3 is 10.2 Å². The molecule has 0 radical (unpaired) electrons. The highest BCUT2D eigenvalue weighted by Gasteiger charge is 2.17. The number of para-hydroxylation sites is 1. The minimum atomic E-state index is 0.00310. The van der Waals surface area contributed by atoms with Gasteiger partial charge in [-0.1, -0.05) is 66.7 Å². The molecule has 3 aromatic carbocycles. The maximum Gasteiger partial charge on any atom is 0.251 e. The van der Waals surface area contributed by atoms with Gasteiger partial charge in [-0.3, -0.25) is 9.69 Å². The monoisotopic (exact) mass is 399 g/mol. The summed E-state index contributed by atoms with van der Waals surface area (Å²) in [5, 5.41) is 3.11. The molecule has 0 aliphatic carbocycles. The normalized spacial score (nSPS) is 14.5. The zero-order valence-corrected chi connectivity index (χ0v) is 17.3. The summed E-state index contributed by atoms with van der Waals surface area (Å²) in [5.41, 5.74) is 4.09. The molecule has 4 heteroatoms. The molecule has 0 bridgehead atoms. The largest absolute Gasteiger partial charge is 0.369 e. The zero-order chi connectivity index (χ0) is 20.6. The fraction of sp³-hybridized carbons (Fsp3) is 0.269. The lowest BCUT2D eigenvalue weighted by Crippen LogP contribution is -2.47. The Morgan fingerprint density at radius 2 is 1.40 bits per heavy atom. The van der Waals surface area contributed by atoms with Crippen LogP contribution < -0.4 is 10.2 Å². The third-order valence-electron chi connectivity index (χ3n) is 5.69. The summed E-state index contributed by atoms with van der Waals surface area (Å²) in [4.78, 5) is 17.7. The molecular formula is C26H29N3O. The maximum absolute atomic E-state index is 12.8. The van der Waals surface area contributed by atoms with Gasteiger partial charge in [0.25, 0.3) is 5.91 Å². The van der Waals surface area contributed by atoms with Crippen LogP contribution in [0.2, 0.25) is 0 Å². The summed E-state index contributed by atoms with van der Waals surface area (Å²) in [6.07, 6.45) is 0.963. The van der Waals surface area contributed by atoms with E-state index >= 15 is 0 Å². The Kier molecular flexibility index (Phi) is 6.78. The van der Waals surface area contributed by atoms with Crippen LogP contribution in [0.25, 0.3) is 11.1 Å². The highest BCUT2D eigenvalue weighted by Crippen LogP contribution is 2.23. The van der Waals surface area contributed by atoms with Crippen LogP contribution in [0.1, 0.15) is 16.8 Å². The van der Waals surface area contributed by atoms with E-state index in [0.29, 0.717) is 6.54 Å². The quantitative estimate of drug-likeness (QED) is 0.602. The first-order chi connectivity index (χ1) is 14.8. The number of nitrogens with zero attached hydrogens (tertiary/aromatic N) is 2. The number of nitrogens with one attached hydrogen (secondary N) is 1. The molecule has 3 aromatic rings. The molecule has 4 nitrogen and oxygen atoms in total. The molecule has 1 heterocycles. The average Bonchev–Trinajstić information content (AvgIpc) is 2.83. The molecule has 30 heavy (non-hydrogen) atoms. The molecule has 1 fully saturated rings. The third kappa shape index (κ3) is 5.08. The van der Waals surface area contributed by atoms with E-state index in [1.165, 1.54) is 5.69 Å². The SMILES string of the molecule is O=C(NCCCN1CCN(c2ccccc2)CC1)c1ccccc1-c1ccccc1. The number of carbonyl (C=O) groups is 1. The standard InChI is InChI=1S/C26H29N3O/c30-26(25-15-8-7-14-24(25)22-10-3-1-4-11-22)27-16-9-17-28-18-20-29(21-19-28)23-12-5-2-6-13-23/h1-8,10-15H,9,16-21H2,(H,27,30). The van der Waals surface area contributed by atoms with Crippen LogP contribution >= 0.6 is 0 Å². The molecule has 0 saturated carbocycles. The van der Waals surface area contributed by atoms with E-state index in [-0.39, 0.29) is 5.91 Å². The Balaban J connectivity index is 1.23. The molecule has 1 saturated heterocycles. The van der Waals surface area contributed by atoms with Gasteiger partial charge in [0.2, 0.25) is 0 Å². The van der Waals surface area contributed by atoms with Crippen LogP contribution in [0.4, 0.5) is 5.69 Å². The summed E-state index contributed by atoms with van der Waals surface area (Å²) < 4.78 is 0. The first-order valence-corrected chi connectivity index (χ1v) is 10.8. The molecule has 1 aliphatic rings. The summed E-state index contributed by atoms with van der Waals surface area (Å²) in [6.45, 7) is 5.96. The number of benzene rings is 3. The summed E-state index contributed by atoms with van der Waals surface area (Å²) >= 11 is 0. The zero-order valence-electron chi connectivity index (χ0n) is 17.3. The van der Waals surface area contributed by atoms with Crippen molar-refractivity contribution in [2.45, 2.75) is 6.42 Å². The lowest BCUT2D eigenvalue weighted by Gasteiger charge is -2.36. The second kappa shape index (κ2) is 10.1. The maximum atomic E-state index is 12.8. The van der Waals surface area contributed by atoms with Gasteiger partial charge in [0, 0.05) is 44.0 Å². The Labute approximate surface area is 179 Å². The highest BCUT2D eigenvalue weighted by atomic mass is 16.1. The Morgan fingerprint density at radius 1 is 0.767 bits per heavy atom. The van der Waals surface area contributed by atoms with E-state index in [2.05, 4.69) is 45.4 Å². The van der Waals surface area contributed by atoms with Crippen LogP contribution in [-0.2, 0) is 0 Å². The van der Waals surface area contributed by atoms with E-state index in [1.807, 2.05) is 54.6 Å². The van der Waals surface area contributed by atoms with Crippen molar-refractivity contribution in [1.82, 2.24) is 10.2 Å². The third-order valence-corrected chi connectivity index (χ3v) is 5.69. The second-order valence-corrected chi connectivity index (χ2v) is 7.69. The first kappa shape index (κ1) is 20.2. The van der Waals surface area contributed by atoms with Crippen molar-refractivity contribution >= 4 is 11.6 Å². The van der Waals surface area contributed by atoms with Gasteiger partial charge in [-0.2, -0.15) is 0 Å². The number of amides is 1. The fourth-order valence-corrected chi connectivity index (χ4v) is 4.02. The smallest absolute Gasteiger partial charge is 0.251 e. The van der Waals surface area contributed by atoms with Gasteiger partial charge in [-0.25, -0.2) is 0 Å². The first-order valence-electron chi connectivity index (χ1n) is 10.8. The van der Waals surface area contributed by atoms with E-state index in [9.17, 15) is 4.79 Å². The Hall–Kier alpha value is -3.11. The van der Waals surface area contributed by atoms with Crippen molar-refractivity contribution in [2.75, 3.05) is 44.2 Å². The molecule has 0 atom stereocenters. The summed E-state index contributed by atoms with van der Waals surface area (Å²) in [7, 11) is 0. The van der Waals surface area contributed by atoms with Crippen LogP contribution in [0.15, 0.2) is 84.9 Å². The molecule has 4 rings (SSSR count).